The average Bonchev–Trinajstić information content (AvgIpc) is 3.28. The van der Waals surface area contributed by atoms with Gasteiger partial charge in [0.1, 0.15) is 11.7 Å². The molecule has 3 aromatic rings. The molecule has 0 radical (unpaired) electrons. The Morgan fingerprint density at radius 2 is 2.24 bits per heavy atom. The number of nitrogens with zero attached hydrogens (tertiary/aromatic N) is 4. The van der Waals surface area contributed by atoms with E-state index in [2.05, 4.69) is 15.5 Å². The monoisotopic (exact) mass is 395 g/mol. The van der Waals surface area contributed by atoms with Crippen LogP contribution in [0.15, 0.2) is 52.1 Å². The van der Waals surface area contributed by atoms with Crippen LogP contribution in [0.4, 0.5) is 0 Å². The van der Waals surface area contributed by atoms with E-state index in [1.807, 2.05) is 10.8 Å². The lowest BCUT2D eigenvalue weighted by molar-refractivity contribution is -0.124. The Balaban J connectivity index is 1.28. The van der Waals surface area contributed by atoms with E-state index < -0.39 is 6.04 Å². The minimum atomic E-state index is -0.495. The van der Waals surface area contributed by atoms with Gasteiger partial charge in [-0.2, -0.15) is 0 Å². The van der Waals surface area contributed by atoms with Crippen LogP contribution in [-0.4, -0.2) is 50.6 Å². The van der Waals surface area contributed by atoms with E-state index in [0.29, 0.717) is 37.5 Å². The fourth-order valence-corrected chi connectivity index (χ4v) is 3.95. The average molecular weight is 395 g/mol. The first-order valence-electron chi connectivity index (χ1n) is 9.69. The molecule has 1 N–H and O–H groups in total. The largest absolute Gasteiger partial charge is 0.463 e. The maximum Gasteiger partial charge on any atom is 0.293 e. The molecule has 2 amide bonds. The van der Waals surface area contributed by atoms with Gasteiger partial charge in [-0.3, -0.25) is 9.59 Å². The number of aromatic nitrogens is 3. The maximum absolute atomic E-state index is 13.1. The lowest BCUT2D eigenvalue weighted by Crippen LogP contribution is -2.46. The van der Waals surface area contributed by atoms with Gasteiger partial charge in [0, 0.05) is 38.1 Å². The Labute approximate surface area is 166 Å². The lowest BCUT2D eigenvalue weighted by atomic mass is 10.0. The first-order valence-corrected chi connectivity index (χ1v) is 9.69. The van der Waals surface area contributed by atoms with Crippen LogP contribution in [-0.2, 0) is 11.3 Å². The van der Waals surface area contributed by atoms with Crippen LogP contribution in [0, 0.1) is 5.41 Å². The summed E-state index contributed by atoms with van der Waals surface area (Å²) in [5, 5.41) is 6.88. The molecule has 9 nitrogen and oxygen atoms in total. The minimum absolute atomic E-state index is 0.0753. The highest BCUT2D eigenvalue weighted by Gasteiger charge is 2.55. The maximum atomic E-state index is 13.1. The number of carbonyl (C=O) groups excluding carboxylic acids is 2. The molecule has 0 unspecified atom stereocenters. The Morgan fingerprint density at radius 1 is 1.34 bits per heavy atom. The molecule has 1 aliphatic heterocycles. The number of furan rings is 1. The van der Waals surface area contributed by atoms with Gasteiger partial charge >= 0.3 is 0 Å². The van der Waals surface area contributed by atoms with Gasteiger partial charge in [0.25, 0.3) is 5.91 Å². The van der Waals surface area contributed by atoms with Gasteiger partial charge in [-0.25, -0.2) is 4.98 Å². The lowest BCUT2D eigenvalue weighted by Gasteiger charge is -2.22. The van der Waals surface area contributed by atoms with Gasteiger partial charge in [-0.05, 0) is 36.8 Å². The zero-order chi connectivity index (χ0) is 19.8. The summed E-state index contributed by atoms with van der Waals surface area (Å²) in [5.41, 5.74) is 0.534. The molecule has 0 aromatic carbocycles. The Bertz CT molecular complexity index is 1000. The molecule has 29 heavy (non-hydrogen) atoms. The third kappa shape index (κ3) is 3.43. The quantitative estimate of drug-likeness (QED) is 0.684. The summed E-state index contributed by atoms with van der Waals surface area (Å²) in [4.78, 5) is 31.5. The predicted octanol–water partition coefficient (Wildman–Crippen LogP) is 1.94. The molecule has 150 valence electrons. The summed E-state index contributed by atoms with van der Waals surface area (Å²) in [6.45, 7) is 1.68. The van der Waals surface area contributed by atoms with E-state index in [-0.39, 0.29) is 23.0 Å². The highest BCUT2D eigenvalue weighted by Crippen LogP contribution is 2.55. The second kappa shape index (κ2) is 6.91. The SMILES string of the molecule is O=C(NCCn1ccnc1)[C@@H]1CC2(CC2)CN1C(=O)c1cc(-c2ccco2)no1. The van der Waals surface area contributed by atoms with Crippen molar-refractivity contribution in [2.45, 2.75) is 31.8 Å². The molecule has 1 aliphatic carbocycles. The van der Waals surface area contributed by atoms with Crippen molar-refractivity contribution in [3.63, 3.8) is 0 Å². The molecule has 1 spiro atoms. The molecule has 4 heterocycles. The van der Waals surface area contributed by atoms with Gasteiger partial charge in [0.15, 0.2) is 5.76 Å². The van der Waals surface area contributed by atoms with Crippen LogP contribution in [0.3, 0.4) is 0 Å². The fraction of sp³-hybridized carbons (Fsp3) is 0.400. The highest BCUT2D eigenvalue weighted by molar-refractivity contribution is 5.96. The van der Waals surface area contributed by atoms with Crippen molar-refractivity contribution in [2.24, 2.45) is 5.41 Å². The molecular weight excluding hydrogens is 374 g/mol. The van der Waals surface area contributed by atoms with E-state index in [9.17, 15) is 9.59 Å². The van der Waals surface area contributed by atoms with Gasteiger partial charge in [0.05, 0.1) is 12.6 Å². The summed E-state index contributed by atoms with van der Waals surface area (Å²) in [5.74, 6) is 0.203. The highest BCUT2D eigenvalue weighted by atomic mass is 16.5. The summed E-state index contributed by atoms with van der Waals surface area (Å²) < 4.78 is 12.5. The van der Waals surface area contributed by atoms with E-state index in [1.165, 1.54) is 6.26 Å². The normalized spacial score (nSPS) is 19.6. The Hall–Kier alpha value is -3.36. The second-order valence-electron chi connectivity index (χ2n) is 7.80. The number of likely N-dealkylation sites (tertiary alicyclic amines) is 1. The molecule has 3 aromatic heterocycles. The summed E-state index contributed by atoms with van der Waals surface area (Å²) in [6, 6.07) is 4.56. The van der Waals surface area contributed by atoms with Gasteiger partial charge in [0.2, 0.25) is 11.7 Å². The van der Waals surface area contributed by atoms with E-state index >= 15 is 0 Å². The van der Waals surface area contributed by atoms with Gasteiger partial charge < -0.3 is 23.7 Å². The van der Waals surface area contributed by atoms with Crippen molar-refractivity contribution < 1.29 is 18.5 Å². The number of nitrogens with one attached hydrogen (secondary N) is 1. The van der Waals surface area contributed by atoms with E-state index in [4.69, 9.17) is 8.94 Å². The summed E-state index contributed by atoms with van der Waals surface area (Å²) in [7, 11) is 0. The number of carbonyl (C=O) groups is 2. The molecular formula is C20H21N5O4. The molecule has 0 bridgehead atoms. The number of rotatable bonds is 6. The van der Waals surface area contributed by atoms with Crippen LogP contribution >= 0.6 is 0 Å². The standard InChI is InChI=1S/C20H21N5O4/c26-18(22-6-8-24-7-5-21-13-24)15-11-20(3-4-20)12-25(15)19(27)17-10-14(23-29-17)16-2-1-9-28-16/h1-2,5,7,9-10,13,15H,3-4,6,8,11-12H2,(H,22,26)/t15-/m0/s1. The van der Waals surface area contributed by atoms with Crippen LogP contribution < -0.4 is 5.32 Å². The van der Waals surface area contributed by atoms with Crippen LogP contribution in [0.2, 0.25) is 0 Å². The Morgan fingerprint density at radius 3 is 2.97 bits per heavy atom. The van der Waals surface area contributed by atoms with Crippen molar-refractivity contribution in [3.8, 4) is 11.5 Å². The molecule has 9 heteroatoms. The fourth-order valence-electron chi connectivity index (χ4n) is 3.95. The van der Waals surface area contributed by atoms with Crippen molar-refractivity contribution in [1.29, 1.82) is 0 Å². The molecule has 1 atom stereocenters. The topological polar surface area (TPSA) is 106 Å². The zero-order valence-electron chi connectivity index (χ0n) is 15.8. The molecule has 1 saturated heterocycles. The molecule has 1 saturated carbocycles. The molecule has 2 fully saturated rings. The van der Waals surface area contributed by atoms with E-state index in [0.717, 1.165) is 12.8 Å². The third-order valence-electron chi connectivity index (χ3n) is 5.75. The van der Waals surface area contributed by atoms with Gasteiger partial charge in [-0.1, -0.05) is 5.16 Å². The molecule has 2 aliphatic rings. The van der Waals surface area contributed by atoms with Crippen LogP contribution in [0.25, 0.3) is 11.5 Å². The van der Waals surface area contributed by atoms with Gasteiger partial charge in [-0.15, -0.1) is 0 Å². The zero-order valence-corrected chi connectivity index (χ0v) is 15.8. The predicted molar refractivity (Wildman–Crippen MR) is 101 cm³/mol. The first-order chi connectivity index (χ1) is 14.1. The smallest absolute Gasteiger partial charge is 0.293 e. The number of hydrogen-bond donors (Lipinski definition) is 1. The minimum Gasteiger partial charge on any atom is -0.463 e. The first kappa shape index (κ1) is 17.7. The number of amides is 2. The summed E-state index contributed by atoms with van der Waals surface area (Å²) in [6.07, 6.45) is 9.56. The van der Waals surface area contributed by atoms with Crippen molar-refractivity contribution in [1.82, 2.24) is 24.9 Å². The van der Waals surface area contributed by atoms with Crippen molar-refractivity contribution in [2.75, 3.05) is 13.1 Å². The van der Waals surface area contributed by atoms with E-state index in [1.54, 1.807) is 35.6 Å². The van der Waals surface area contributed by atoms with Crippen molar-refractivity contribution in [3.05, 3.63) is 48.9 Å². The Kier molecular flexibility index (Phi) is 4.22. The third-order valence-corrected chi connectivity index (χ3v) is 5.75. The molecule has 5 rings (SSSR count). The van der Waals surface area contributed by atoms with Crippen LogP contribution in [0.1, 0.15) is 29.8 Å². The number of hydrogen-bond acceptors (Lipinski definition) is 6. The number of imidazole rings is 1. The van der Waals surface area contributed by atoms with Crippen LogP contribution in [0.5, 0.6) is 0 Å². The van der Waals surface area contributed by atoms with Crippen molar-refractivity contribution >= 4 is 11.8 Å². The second-order valence-corrected chi connectivity index (χ2v) is 7.80. The summed E-state index contributed by atoms with van der Waals surface area (Å²) >= 11 is 0.